The van der Waals surface area contributed by atoms with E-state index in [0.717, 1.165) is 0 Å². The minimum Gasteiger partial charge on any atom is -0.509 e. The van der Waals surface area contributed by atoms with Crippen LogP contribution in [0.2, 0.25) is 0 Å². The Morgan fingerprint density at radius 3 is 2.55 bits per heavy atom. The third-order valence-corrected chi connectivity index (χ3v) is 1.46. The molecular formula is C7H7BO3. The van der Waals surface area contributed by atoms with Gasteiger partial charge < -0.3 is 10.2 Å². The number of phenols is 1. The molecule has 3 nitrogen and oxygen atoms in total. The Bertz CT molecular complexity index is 296. The van der Waals surface area contributed by atoms with Crippen molar-refractivity contribution < 1.29 is 15.0 Å². The van der Waals surface area contributed by atoms with Crippen molar-refractivity contribution in [3.05, 3.63) is 23.8 Å². The minimum absolute atomic E-state index is 0.0184. The number of benzene rings is 1. The molecule has 0 aliphatic carbocycles. The molecule has 0 atom stereocenters. The minimum atomic E-state index is -1.03. The molecule has 4 heteroatoms. The molecule has 0 fully saturated rings. The maximum absolute atomic E-state index is 10.4. The Kier molecular flexibility index (Phi) is 1.85. The van der Waals surface area contributed by atoms with Crippen molar-refractivity contribution >= 4 is 19.3 Å². The van der Waals surface area contributed by atoms with Crippen LogP contribution in [0.25, 0.3) is 0 Å². The van der Waals surface area contributed by atoms with E-state index in [4.69, 9.17) is 10.2 Å². The number of hydrogen-bond acceptors (Lipinski definition) is 2. The predicted octanol–water partition coefficient (Wildman–Crippen LogP) is -0.651. The molecule has 0 radical (unpaired) electrons. The molecule has 11 heavy (non-hydrogen) atoms. The summed E-state index contributed by atoms with van der Waals surface area (Å²) in [6.07, 6.45) is 0. The van der Waals surface area contributed by atoms with Crippen LogP contribution in [0.3, 0.4) is 0 Å². The second-order valence-electron chi connectivity index (χ2n) is 2.31. The van der Waals surface area contributed by atoms with Gasteiger partial charge in [-0.15, -0.1) is 0 Å². The SMILES string of the molecule is Bc1ccc(C(=O)O)cc1O. The summed E-state index contributed by atoms with van der Waals surface area (Å²) in [6, 6.07) is 4.26. The van der Waals surface area contributed by atoms with Crippen molar-refractivity contribution in [2.75, 3.05) is 0 Å². The smallest absolute Gasteiger partial charge is 0.335 e. The molecule has 0 saturated carbocycles. The number of aromatic carboxylic acids is 1. The summed E-state index contributed by atoms with van der Waals surface area (Å²) in [5.74, 6) is -1.01. The summed E-state index contributed by atoms with van der Waals surface area (Å²) >= 11 is 0. The van der Waals surface area contributed by atoms with Gasteiger partial charge in [0.05, 0.1) is 5.56 Å². The summed E-state index contributed by atoms with van der Waals surface area (Å²) in [7, 11) is 1.71. The fraction of sp³-hybridized carbons (Fsp3) is 0. The highest BCUT2D eigenvalue weighted by atomic mass is 16.4. The van der Waals surface area contributed by atoms with E-state index in [0.29, 0.717) is 5.46 Å². The van der Waals surface area contributed by atoms with Crippen molar-refractivity contribution in [1.29, 1.82) is 0 Å². The molecule has 0 saturated heterocycles. The van der Waals surface area contributed by atoms with Crippen molar-refractivity contribution in [3.8, 4) is 5.75 Å². The molecule has 1 rings (SSSR count). The number of aromatic hydroxyl groups is 1. The van der Waals surface area contributed by atoms with Crippen molar-refractivity contribution in [3.63, 3.8) is 0 Å². The van der Waals surface area contributed by atoms with E-state index in [1.165, 1.54) is 12.1 Å². The third kappa shape index (κ3) is 1.52. The van der Waals surface area contributed by atoms with Crippen LogP contribution >= 0.6 is 0 Å². The van der Waals surface area contributed by atoms with Crippen LogP contribution < -0.4 is 5.46 Å². The molecule has 0 spiro atoms. The lowest BCUT2D eigenvalue weighted by Gasteiger charge is -1.98. The lowest BCUT2D eigenvalue weighted by molar-refractivity contribution is 0.0696. The number of phenolic OH excluding ortho intramolecular Hbond substituents is 1. The van der Waals surface area contributed by atoms with Crippen molar-refractivity contribution in [2.24, 2.45) is 0 Å². The maximum atomic E-state index is 10.4. The summed E-state index contributed by atoms with van der Waals surface area (Å²) in [5.41, 5.74) is 0.781. The zero-order valence-electron chi connectivity index (χ0n) is 6.03. The Morgan fingerprint density at radius 1 is 1.45 bits per heavy atom. The summed E-state index contributed by atoms with van der Waals surface area (Å²) in [4.78, 5) is 10.4. The van der Waals surface area contributed by atoms with E-state index >= 15 is 0 Å². The Morgan fingerprint density at radius 2 is 2.09 bits per heavy atom. The molecule has 0 heterocycles. The third-order valence-electron chi connectivity index (χ3n) is 1.46. The second-order valence-corrected chi connectivity index (χ2v) is 2.31. The largest absolute Gasteiger partial charge is 0.509 e. The van der Waals surface area contributed by atoms with Crippen LogP contribution in [0.1, 0.15) is 10.4 Å². The molecule has 0 aromatic heterocycles. The molecular weight excluding hydrogens is 143 g/mol. The van der Waals surface area contributed by atoms with Gasteiger partial charge in [0.1, 0.15) is 13.6 Å². The van der Waals surface area contributed by atoms with Crippen LogP contribution in [0.15, 0.2) is 18.2 Å². The molecule has 1 aromatic rings. The van der Waals surface area contributed by atoms with Gasteiger partial charge >= 0.3 is 5.97 Å². The van der Waals surface area contributed by atoms with Crippen molar-refractivity contribution in [1.82, 2.24) is 0 Å². The van der Waals surface area contributed by atoms with E-state index in [2.05, 4.69) is 0 Å². The molecule has 2 N–H and O–H groups in total. The van der Waals surface area contributed by atoms with Gasteiger partial charge in [-0.3, -0.25) is 0 Å². The molecule has 1 aromatic carbocycles. The van der Waals surface area contributed by atoms with Gasteiger partial charge in [-0.25, -0.2) is 4.79 Å². The van der Waals surface area contributed by atoms with E-state index in [1.54, 1.807) is 13.9 Å². The maximum Gasteiger partial charge on any atom is 0.335 e. The molecule has 0 aliphatic heterocycles. The first-order valence-electron chi connectivity index (χ1n) is 3.14. The van der Waals surface area contributed by atoms with E-state index < -0.39 is 5.97 Å². The van der Waals surface area contributed by atoms with Crippen LogP contribution in [0.4, 0.5) is 0 Å². The van der Waals surface area contributed by atoms with E-state index in [1.807, 2.05) is 0 Å². The average molecular weight is 150 g/mol. The summed E-state index contributed by atoms with van der Waals surface area (Å²) in [6.45, 7) is 0. The topological polar surface area (TPSA) is 57.5 Å². The van der Waals surface area contributed by atoms with Crippen LogP contribution in [0.5, 0.6) is 5.75 Å². The lowest BCUT2D eigenvalue weighted by Crippen LogP contribution is -2.05. The molecule has 0 unspecified atom stereocenters. The Labute approximate surface area is 64.7 Å². The van der Waals surface area contributed by atoms with Gasteiger partial charge in [0.2, 0.25) is 0 Å². The van der Waals surface area contributed by atoms with Crippen LogP contribution in [-0.4, -0.2) is 24.0 Å². The number of carboxylic acids is 1. The Balaban J connectivity index is 3.15. The van der Waals surface area contributed by atoms with Gasteiger partial charge in [0.15, 0.2) is 0 Å². The van der Waals surface area contributed by atoms with Gasteiger partial charge in [0, 0.05) is 0 Å². The zero-order chi connectivity index (χ0) is 8.43. The number of rotatable bonds is 1. The average Bonchev–Trinajstić information content (AvgIpc) is 1.94. The highest BCUT2D eigenvalue weighted by Gasteiger charge is 2.03. The number of hydrogen-bond donors (Lipinski definition) is 2. The molecule has 0 bridgehead atoms. The summed E-state index contributed by atoms with van der Waals surface area (Å²) in [5, 5.41) is 17.6. The fourth-order valence-corrected chi connectivity index (χ4v) is 0.742. The molecule has 0 amide bonds. The first-order valence-corrected chi connectivity index (χ1v) is 3.14. The standard InChI is InChI=1S/C7H7BO3/c8-5-2-1-4(7(10)11)3-6(5)9/h1-3,9H,8H2,(H,10,11). The van der Waals surface area contributed by atoms with Crippen LogP contribution in [0, 0.1) is 0 Å². The predicted molar refractivity (Wildman–Crippen MR) is 43.2 cm³/mol. The van der Waals surface area contributed by atoms with Gasteiger partial charge in [-0.1, -0.05) is 6.07 Å². The van der Waals surface area contributed by atoms with Gasteiger partial charge in [-0.2, -0.15) is 0 Å². The second kappa shape index (κ2) is 2.66. The molecule has 0 aliphatic rings. The summed E-state index contributed by atoms with van der Waals surface area (Å²) < 4.78 is 0. The molecule has 56 valence electrons. The quantitative estimate of drug-likeness (QED) is 0.523. The van der Waals surface area contributed by atoms with Gasteiger partial charge in [-0.05, 0) is 17.6 Å². The fourth-order valence-electron chi connectivity index (χ4n) is 0.742. The first kappa shape index (κ1) is 7.66. The van der Waals surface area contributed by atoms with E-state index in [-0.39, 0.29) is 11.3 Å². The van der Waals surface area contributed by atoms with Crippen molar-refractivity contribution in [2.45, 2.75) is 0 Å². The van der Waals surface area contributed by atoms with Crippen LogP contribution in [-0.2, 0) is 0 Å². The number of carboxylic acid groups (broad SMARTS) is 1. The number of carbonyl (C=O) groups is 1. The highest BCUT2D eigenvalue weighted by Crippen LogP contribution is 2.07. The van der Waals surface area contributed by atoms with Gasteiger partial charge in [0.25, 0.3) is 0 Å². The monoisotopic (exact) mass is 150 g/mol. The van der Waals surface area contributed by atoms with E-state index in [9.17, 15) is 4.79 Å². The first-order chi connectivity index (χ1) is 5.11. The Hall–Kier alpha value is -1.45. The lowest BCUT2D eigenvalue weighted by atomic mass is 9.94. The zero-order valence-corrected chi connectivity index (χ0v) is 6.03. The highest BCUT2D eigenvalue weighted by molar-refractivity contribution is 6.34. The normalized spacial score (nSPS) is 9.45.